The third-order valence-corrected chi connectivity index (χ3v) is 5.72. The highest BCUT2D eigenvalue weighted by Gasteiger charge is 2.24. The molecule has 0 fully saturated rings. The fourth-order valence-corrected chi connectivity index (χ4v) is 3.17. The molecule has 0 saturated carbocycles. The zero-order valence-corrected chi connectivity index (χ0v) is 13.4. The van der Waals surface area contributed by atoms with Crippen LogP contribution in [0.3, 0.4) is 0 Å². The van der Waals surface area contributed by atoms with Crippen LogP contribution >= 0.6 is 11.8 Å². The van der Waals surface area contributed by atoms with Crippen molar-refractivity contribution in [1.82, 2.24) is 15.1 Å². The molecule has 104 valence electrons. The predicted molar refractivity (Wildman–Crippen MR) is 81.2 cm³/mol. The molecule has 1 aromatic heterocycles. The molecule has 0 bridgehead atoms. The summed E-state index contributed by atoms with van der Waals surface area (Å²) in [6.45, 7) is 10.8. The average Bonchev–Trinajstić information content (AvgIpc) is 2.61. The smallest absolute Gasteiger partial charge is 0.0641 e. The Morgan fingerprint density at radius 1 is 1.28 bits per heavy atom. The summed E-state index contributed by atoms with van der Waals surface area (Å²) in [7, 11) is 2.01. The number of nitrogens with one attached hydrogen (secondary N) is 1. The van der Waals surface area contributed by atoms with E-state index >= 15 is 0 Å². The van der Waals surface area contributed by atoms with Crippen molar-refractivity contribution in [3.63, 3.8) is 0 Å². The van der Waals surface area contributed by atoms with Gasteiger partial charge in [0.05, 0.1) is 5.69 Å². The lowest BCUT2D eigenvalue weighted by atomic mass is 10.0. The number of aryl methyl sites for hydroxylation is 2. The Hall–Kier alpha value is -0.480. The van der Waals surface area contributed by atoms with Crippen LogP contribution in [-0.2, 0) is 13.6 Å². The number of hydrogen-bond acceptors (Lipinski definition) is 3. The van der Waals surface area contributed by atoms with Crippen LogP contribution in [0.15, 0.2) is 0 Å². The predicted octanol–water partition coefficient (Wildman–Crippen LogP) is 3.05. The molecule has 0 aliphatic rings. The first-order valence-corrected chi connectivity index (χ1v) is 7.97. The molecule has 0 saturated heterocycles. The normalized spacial score (nSPS) is 12.1. The maximum Gasteiger partial charge on any atom is 0.0641 e. The van der Waals surface area contributed by atoms with Gasteiger partial charge in [-0.05, 0) is 32.9 Å². The Labute approximate surface area is 116 Å². The molecule has 18 heavy (non-hydrogen) atoms. The minimum atomic E-state index is 0.379. The zero-order valence-electron chi connectivity index (χ0n) is 12.6. The van der Waals surface area contributed by atoms with Crippen LogP contribution in [0, 0.1) is 13.8 Å². The summed E-state index contributed by atoms with van der Waals surface area (Å²) >= 11 is 1.98. The average molecular weight is 269 g/mol. The molecule has 0 radical (unpaired) electrons. The summed E-state index contributed by atoms with van der Waals surface area (Å²) in [5.74, 6) is 0. The maximum absolute atomic E-state index is 4.46. The molecule has 0 atom stereocenters. The highest BCUT2D eigenvalue weighted by atomic mass is 32.2. The zero-order chi connectivity index (χ0) is 13.8. The lowest BCUT2D eigenvalue weighted by molar-refractivity contribution is 0.494. The van der Waals surface area contributed by atoms with Gasteiger partial charge in [0.1, 0.15) is 0 Å². The molecule has 0 aliphatic heterocycles. The molecular weight excluding hydrogens is 242 g/mol. The van der Waals surface area contributed by atoms with Crippen LogP contribution in [0.1, 0.15) is 43.6 Å². The van der Waals surface area contributed by atoms with Gasteiger partial charge < -0.3 is 5.32 Å². The van der Waals surface area contributed by atoms with Gasteiger partial charge in [-0.2, -0.15) is 16.9 Å². The van der Waals surface area contributed by atoms with Crippen LogP contribution in [0.2, 0.25) is 0 Å². The molecule has 0 aliphatic carbocycles. The SMILES string of the molecule is CCC(CC)(CNCc1c(C)nn(C)c1C)SC. The molecule has 0 spiro atoms. The van der Waals surface area contributed by atoms with Crippen molar-refractivity contribution in [3.05, 3.63) is 17.0 Å². The largest absolute Gasteiger partial charge is 0.311 e. The van der Waals surface area contributed by atoms with Crippen molar-refractivity contribution >= 4 is 11.8 Å². The maximum atomic E-state index is 4.46. The van der Waals surface area contributed by atoms with Gasteiger partial charge in [-0.15, -0.1) is 0 Å². The topological polar surface area (TPSA) is 29.9 Å². The second-order valence-electron chi connectivity index (χ2n) is 4.97. The lowest BCUT2D eigenvalue weighted by Gasteiger charge is -2.30. The van der Waals surface area contributed by atoms with E-state index in [1.165, 1.54) is 24.1 Å². The van der Waals surface area contributed by atoms with Gasteiger partial charge in [0.15, 0.2) is 0 Å². The Morgan fingerprint density at radius 3 is 2.28 bits per heavy atom. The Morgan fingerprint density at radius 2 is 1.89 bits per heavy atom. The van der Waals surface area contributed by atoms with Crippen molar-refractivity contribution < 1.29 is 0 Å². The molecule has 1 N–H and O–H groups in total. The summed E-state index contributed by atoms with van der Waals surface area (Å²) < 4.78 is 2.35. The van der Waals surface area contributed by atoms with E-state index in [4.69, 9.17) is 0 Å². The quantitative estimate of drug-likeness (QED) is 0.825. The molecule has 1 rings (SSSR count). The van der Waals surface area contributed by atoms with Gasteiger partial charge in [-0.3, -0.25) is 4.68 Å². The first-order valence-electron chi connectivity index (χ1n) is 6.74. The Bertz CT molecular complexity index is 372. The highest BCUT2D eigenvalue weighted by Crippen LogP contribution is 2.29. The first-order chi connectivity index (χ1) is 8.49. The number of thioether (sulfide) groups is 1. The van der Waals surface area contributed by atoms with Crippen molar-refractivity contribution in [2.24, 2.45) is 7.05 Å². The van der Waals surface area contributed by atoms with E-state index in [9.17, 15) is 0 Å². The minimum absolute atomic E-state index is 0.379. The molecule has 3 nitrogen and oxygen atoms in total. The molecule has 0 unspecified atom stereocenters. The molecule has 0 amide bonds. The van der Waals surface area contributed by atoms with Crippen molar-refractivity contribution in [1.29, 1.82) is 0 Å². The minimum Gasteiger partial charge on any atom is -0.311 e. The van der Waals surface area contributed by atoms with E-state index in [-0.39, 0.29) is 0 Å². The highest BCUT2D eigenvalue weighted by molar-refractivity contribution is 8.00. The van der Waals surface area contributed by atoms with Gasteiger partial charge in [0.2, 0.25) is 0 Å². The summed E-state index contributed by atoms with van der Waals surface area (Å²) in [5.41, 5.74) is 3.76. The molecule has 0 aromatic carbocycles. The van der Waals surface area contributed by atoms with E-state index in [1.807, 2.05) is 23.5 Å². The standard InChI is InChI=1S/C14H27N3S/c1-7-14(8-2,18-6)10-15-9-13-11(3)16-17(5)12(13)4/h15H,7-10H2,1-6H3. The van der Waals surface area contributed by atoms with Crippen molar-refractivity contribution in [3.8, 4) is 0 Å². The van der Waals surface area contributed by atoms with Crippen LogP contribution in [-0.4, -0.2) is 27.3 Å². The second kappa shape index (κ2) is 6.62. The van der Waals surface area contributed by atoms with E-state index < -0.39 is 0 Å². The van der Waals surface area contributed by atoms with E-state index in [2.05, 4.69) is 44.4 Å². The van der Waals surface area contributed by atoms with Gasteiger partial charge in [-0.25, -0.2) is 0 Å². The number of aromatic nitrogens is 2. The third-order valence-electron chi connectivity index (χ3n) is 4.13. The number of rotatable bonds is 7. The number of hydrogen-bond donors (Lipinski definition) is 1. The Kier molecular flexibility index (Phi) is 5.73. The summed E-state index contributed by atoms with van der Waals surface area (Å²) in [5, 5.41) is 8.07. The number of nitrogens with zero attached hydrogens (tertiary/aromatic N) is 2. The van der Waals surface area contributed by atoms with E-state index in [1.54, 1.807) is 0 Å². The van der Waals surface area contributed by atoms with Crippen LogP contribution < -0.4 is 5.32 Å². The van der Waals surface area contributed by atoms with Crippen molar-refractivity contribution in [2.75, 3.05) is 12.8 Å². The molecule has 1 aromatic rings. The third kappa shape index (κ3) is 3.29. The van der Waals surface area contributed by atoms with Crippen LogP contribution in [0.4, 0.5) is 0 Å². The molecule has 4 heteroatoms. The fourth-order valence-electron chi connectivity index (χ4n) is 2.35. The molecular formula is C14H27N3S. The summed E-state index contributed by atoms with van der Waals surface area (Å²) in [6, 6.07) is 0. The van der Waals surface area contributed by atoms with Gasteiger partial charge in [0.25, 0.3) is 0 Å². The lowest BCUT2D eigenvalue weighted by Crippen LogP contribution is -2.36. The van der Waals surface area contributed by atoms with Crippen LogP contribution in [0.25, 0.3) is 0 Å². The van der Waals surface area contributed by atoms with E-state index in [0.717, 1.165) is 18.8 Å². The molecule has 1 heterocycles. The Balaban J connectivity index is 2.61. The first kappa shape index (κ1) is 15.6. The van der Waals surface area contributed by atoms with Crippen LogP contribution in [0.5, 0.6) is 0 Å². The fraction of sp³-hybridized carbons (Fsp3) is 0.786. The van der Waals surface area contributed by atoms with Gasteiger partial charge >= 0.3 is 0 Å². The second-order valence-corrected chi connectivity index (χ2v) is 6.25. The summed E-state index contributed by atoms with van der Waals surface area (Å²) in [6.07, 6.45) is 4.64. The van der Waals surface area contributed by atoms with Crippen molar-refractivity contribution in [2.45, 2.75) is 51.8 Å². The van der Waals surface area contributed by atoms with Gasteiger partial charge in [-0.1, -0.05) is 13.8 Å². The van der Waals surface area contributed by atoms with E-state index in [0.29, 0.717) is 4.75 Å². The monoisotopic (exact) mass is 269 g/mol. The van der Waals surface area contributed by atoms with Gasteiger partial charge in [0, 0.05) is 36.1 Å². The summed E-state index contributed by atoms with van der Waals surface area (Å²) in [4.78, 5) is 0.